The Labute approximate surface area is 122 Å². The summed E-state index contributed by atoms with van der Waals surface area (Å²) in [5.41, 5.74) is 0. The van der Waals surface area contributed by atoms with Crippen LogP contribution in [0.4, 0.5) is 13.2 Å². The Hall–Kier alpha value is -0.0500. The van der Waals surface area contributed by atoms with Gasteiger partial charge in [-0.2, -0.15) is 13.2 Å². The summed E-state index contributed by atoms with van der Waals surface area (Å²) >= 11 is 5.44. The van der Waals surface area contributed by atoms with Gasteiger partial charge in [0.15, 0.2) is 0 Å². The highest BCUT2D eigenvalue weighted by molar-refractivity contribution is 7.89. The Morgan fingerprint density at radius 3 is 2.60 bits per heavy atom. The van der Waals surface area contributed by atoms with Crippen LogP contribution < -0.4 is 4.72 Å². The van der Waals surface area contributed by atoms with E-state index >= 15 is 0 Å². The standard InChI is InChI=1S/C11H19ClF3NO3S/c12-5-2-6-20(17,18)16-9-3-1-4-10(7-9)19-8-11(13,14)15/h9-10,16H,1-8H2. The summed E-state index contributed by atoms with van der Waals surface area (Å²) in [4.78, 5) is 0. The summed E-state index contributed by atoms with van der Waals surface area (Å²) < 4.78 is 66.9. The molecule has 0 aromatic rings. The van der Waals surface area contributed by atoms with Gasteiger partial charge in [-0.1, -0.05) is 0 Å². The molecule has 0 radical (unpaired) electrons. The zero-order chi connectivity index (χ0) is 15.2. The van der Waals surface area contributed by atoms with E-state index < -0.39 is 28.9 Å². The summed E-state index contributed by atoms with van der Waals surface area (Å²) in [6.07, 6.45) is -2.50. The third kappa shape index (κ3) is 7.66. The van der Waals surface area contributed by atoms with E-state index in [1.165, 1.54) is 0 Å². The first-order valence-corrected chi connectivity index (χ1v) is 8.65. The van der Waals surface area contributed by atoms with E-state index in [1.807, 2.05) is 0 Å². The Morgan fingerprint density at radius 1 is 1.30 bits per heavy atom. The van der Waals surface area contributed by atoms with Crippen LogP contribution in [0.1, 0.15) is 32.1 Å². The fraction of sp³-hybridized carbons (Fsp3) is 1.00. The van der Waals surface area contributed by atoms with Crippen molar-refractivity contribution in [2.24, 2.45) is 0 Å². The maximum atomic E-state index is 12.1. The fourth-order valence-corrected chi connectivity index (χ4v) is 3.83. The van der Waals surface area contributed by atoms with Crippen molar-refractivity contribution in [2.75, 3.05) is 18.2 Å². The molecule has 0 heterocycles. The molecule has 120 valence electrons. The van der Waals surface area contributed by atoms with Crippen molar-refractivity contribution in [1.82, 2.24) is 4.72 Å². The predicted molar refractivity (Wildman–Crippen MR) is 70.3 cm³/mol. The fourth-order valence-electron chi connectivity index (χ4n) is 2.17. The van der Waals surface area contributed by atoms with Crippen molar-refractivity contribution in [3.8, 4) is 0 Å². The van der Waals surface area contributed by atoms with Gasteiger partial charge in [0.2, 0.25) is 10.0 Å². The van der Waals surface area contributed by atoms with Crippen LogP contribution in [0.3, 0.4) is 0 Å². The number of hydrogen-bond acceptors (Lipinski definition) is 3. The molecule has 9 heteroatoms. The molecule has 2 unspecified atom stereocenters. The minimum atomic E-state index is -4.35. The second kappa shape index (κ2) is 7.82. The van der Waals surface area contributed by atoms with E-state index in [1.54, 1.807) is 0 Å². The van der Waals surface area contributed by atoms with Gasteiger partial charge in [0.25, 0.3) is 0 Å². The minimum absolute atomic E-state index is 0.0684. The van der Waals surface area contributed by atoms with Gasteiger partial charge in [-0.15, -0.1) is 11.6 Å². The number of halogens is 4. The monoisotopic (exact) mass is 337 g/mol. The first kappa shape index (κ1) is 18.0. The van der Waals surface area contributed by atoms with Crippen LogP contribution in [0, 0.1) is 0 Å². The van der Waals surface area contributed by atoms with Crippen LogP contribution in [-0.4, -0.2) is 45.0 Å². The lowest BCUT2D eigenvalue weighted by atomic mass is 9.93. The Balaban J connectivity index is 2.41. The number of sulfonamides is 1. The summed E-state index contributed by atoms with van der Waals surface area (Å²) in [6, 6.07) is -0.359. The maximum Gasteiger partial charge on any atom is 0.411 e. The Kier molecular flexibility index (Phi) is 7.03. The van der Waals surface area contributed by atoms with Gasteiger partial charge in [-0.25, -0.2) is 13.1 Å². The van der Waals surface area contributed by atoms with Crippen molar-refractivity contribution in [2.45, 2.75) is 50.4 Å². The molecule has 1 aliphatic carbocycles. The van der Waals surface area contributed by atoms with Crippen LogP contribution >= 0.6 is 11.6 Å². The van der Waals surface area contributed by atoms with Gasteiger partial charge in [-0.05, 0) is 32.1 Å². The number of rotatable bonds is 7. The molecule has 0 saturated heterocycles. The molecule has 4 nitrogen and oxygen atoms in total. The van der Waals surface area contributed by atoms with Crippen molar-refractivity contribution < 1.29 is 26.3 Å². The SMILES string of the molecule is O=S(=O)(CCCCl)NC1CCCC(OCC(F)(F)F)C1. The van der Waals surface area contributed by atoms with Crippen molar-refractivity contribution in [1.29, 1.82) is 0 Å². The first-order chi connectivity index (χ1) is 9.22. The zero-order valence-electron chi connectivity index (χ0n) is 11.0. The van der Waals surface area contributed by atoms with Crippen LogP contribution in [0.15, 0.2) is 0 Å². The van der Waals surface area contributed by atoms with Crippen LogP contribution in [0.2, 0.25) is 0 Å². The molecule has 2 atom stereocenters. The van der Waals surface area contributed by atoms with Crippen molar-refractivity contribution >= 4 is 21.6 Å². The van der Waals surface area contributed by atoms with Gasteiger partial charge in [-0.3, -0.25) is 0 Å². The molecular formula is C11H19ClF3NO3S. The quantitative estimate of drug-likeness (QED) is 0.726. The highest BCUT2D eigenvalue weighted by Gasteiger charge is 2.32. The van der Waals surface area contributed by atoms with Gasteiger partial charge in [0.1, 0.15) is 6.61 Å². The number of ether oxygens (including phenoxy) is 1. The third-order valence-electron chi connectivity index (χ3n) is 3.00. The average Bonchev–Trinajstić information content (AvgIpc) is 2.33. The average molecular weight is 338 g/mol. The highest BCUT2D eigenvalue weighted by Crippen LogP contribution is 2.24. The predicted octanol–water partition coefficient (Wildman–Crippen LogP) is 2.42. The Morgan fingerprint density at radius 2 is 2.00 bits per heavy atom. The number of hydrogen-bond donors (Lipinski definition) is 1. The smallest absolute Gasteiger partial charge is 0.369 e. The molecule has 0 bridgehead atoms. The Bertz CT molecular complexity index is 389. The second-order valence-electron chi connectivity index (χ2n) is 4.89. The van der Waals surface area contributed by atoms with E-state index in [0.717, 1.165) is 0 Å². The van der Waals surface area contributed by atoms with Gasteiger partial charge >= 0.3 is 6.18 Å². The summed E-state index contributed by atoms with van der Waals surface area (Å²) in [5, 5.41) is 0. The lowest BCUT2D eigenvalue weighted by Gasteiger charge is -2.29. The topological polar surface area (TPSA) is 55.4 Å². The molecule has 0 spiro atoms. The zero-order valence-corrected chi connectivity index (χ0v) is 12.5. The van der Waals surface area contributed by atoms with E-state index in [4.69, 9.17) is 16.3 Å². The molecule has 1 aliphatic rings. The summed E-state index contributed by atoms with van der Waals surface area (Å²) in [7, 11) is -3.42. The molecule has 1 fully saturated rings. The van der Waals surface area contributed by atoms with Crippen LogP contribution in [0.25, 0.3) is 0 Å². The number of alkyl halides is 4. The van der Waals surface area contributed by atoms with Gasteiger partial charge < -0.3 is 4.74 Å². The molecule has 0 aromatic heterocycles. The van der Waals surface area contributed by atoms with Crippen LogP contribution in [0.5, 0.6) is 0 Å². The van der Waals surface area contributed by atoms with Crippen LogP contribution in [-0.2, 0) is 14.8 Å². The molecular weight excluding hydrogens is 319 g/mol. The van der Waals surface area contributed by atoms with E-state index in [2.05, 4.69) is 4.72 Å². The molecule has 0 aromatic carbocycles. The second-order valence-corrected chi connectivity index (χ2v) is 7.14. The van der Waals surface area contributed by atoms with E-state index in [-0.39, 0.29) is 24.1 Å². The van der Waals surface area contributed by atoms with Gasteiger partial charge in [0.05, 0.1) is 11.9 Å². The van der Waals surface area contributed by atoms with E-state index in [0.29, 0.717) is 25.7 Å². The molecule has 1 saturated carbocycles. The molecule has 1 N–H and O–H groups in total. The highest BCUT2D eigenvalue weighted by atomic mass is 35.5. The van der Waals surface area contributed by atoms with Gasteiger partial charge in [0, 0.05) is 11.9 Å². The maximum absolute atomic E-state index is 12.1. The lowest BCUT2D eigenvalue weighted by Crippen LogP contribution is -2.42. The molecule has 1 rings (SSSR count). The van der Waals surface area contributed by atoms with E-state index in [9.17, 15) is 21.6 Å². The third-order valence-corrected chi connectivity index (χ3v) is 4.79. The number of nitrogens with one attached hydrogen (secondary N) is 1. The largest absolute Gasteiger partial charge is 0.411 e. The molecule has 0 amide bonds. The normalized spacial score (nSPS) is 24.8. The lowest BCUT2D eigenvalue weighted by molar-refractivity contribution is -0.188. The molecule has 0 aliphatic heterocycles. The van der Waals surface area contributed by atoms with Crippen molar-refractivity contribution in [3.63, 3.8) is 0 Å². The summed E-state index contributed by atoms with van der Waals surface area (Å²) in [6.45, 7) is -1.29. The first-order valence-electron chi connectivity index (χ1n) is 6.46. The summed E-state index contributed by atoms with van der Waals surface area (Å²) in [5.74, 6) is 0.184. The minimum Gasteiger partial charge on any atom is -0.369 e. The molecule has 20 heavy (non-hydrogen) atoms. The van der Waals surface area contributed by atoms with Crippen molar-refractivity contribution in [3.05, 3.63) is 0 Å².